The average molecular weight is 940 g/mol. The summed E-state index contributed by atoms with van der Waals surface area (Å²) in [5, 5.41) is 30.2. The van der Waals surface area contributed by atoms with Gasteiger partial charge in [-0.15, -0.1) is 10.2 Å². The Labute approximate surface area is 357 Å². The molecule has 10 atom stereocenters. The Kier molecular flexibility index (Phi) is 12.6. The van der Waals surface area contributed by atoms with Crippen LogP contribution in [0.25, 0.3) is 22.3 Å². The fourth-order valence-electron chi connectivity index (χ4n) is 6.39. The molecule has 7 heterocycles. The van der Waals surface area contributed by atoms with Gasteiger partial charge in [0, 0.05) is 11.5 Å². The lowest BCUT2D eigenvalue weighted by molar-refractivity contribution is -0.118. The number of hydrogen-bond acceptors (Lipinski definition) is 20. The number of carbonyl (C=O) groups excluding carboxylic acids is 2. The van der Waals surface area contributed by atoms with Crippen molar-refractivity contribution in [1.82, 2.24) is 49.9 Å². The van der Waals surface area contributed by atoms with Gasteiger partial charge < -0.3 is 33.3 Å². The predicted octanol–water partition coefficient (Wildman–Crippen LogP) is 2.26. The number of fused-ring (bicyclic) bond motifs is 5. The summed E-state index contributed by atoms with van der Waals surface area (Å²) in [5.74, 6) is -1.82. The lowest BCUT2D eigenvalue weighted by atomic mass is 10.1. The SMILES string of the molecule is CC(C)C(=O)Nc1nc2c(nnn2[C@@H]2O[C@@H]3COP(=S)(OCCC#N)O[C@H]4[C@H](F)[C@H](n5nnc6c(NC(=O)c7ccccc7)ncnc65)O[C@@H]4COP(O)(=S)O[C@H]2[C@@H]3F)c(=O)[nH]1. The number of anilines is 2. The van der Waals surface area contributed by atoms with E-state index in [1.54, 1.807) is 44.2 Å². The summed E-state index contributed by atoms with van der Waals surface area (Å²) in [4.78, 5) is 64.5. The van der Waals surface area contributed by atoms with Crippen molar-refractivity contribution in [2.45, 2.75) is 69.5 Å². The van der Waals surface area contributed by atoms with Gasteiger partial charge in [0.1, 0.15) is 30.7 Å². The molecule has 24 nitrogen and oxygen atoms in total. The van der Waals surface area contributed by atoms with Gasteiger partial charge in [0.2, 0.25) is 11.9 Å². The molecule has 0 spiro atoms. The summed E-state index contributed by atoms with van der Waals surface area (Å²) in [5.41, 5.74) is -1.19. The fourth-order valence-corrected chi connectivity index (χ4v) is 9.89. The molecule has 3 aliphatic rings. The molecular formula is C32H33F2N13O11P2S2. The largest absolute Gasteiger partial charge is 0.345 e. The first-order valence-corrected chi connectivity index (χ1v) is 23.6. The maximum absolute atomic E-state index is 16.8. The van der Waals surface area contributed by atoms with E-state index >= 15 is 8.78 Å². The summed E-state index contributed by atoms with van der Waals surface area (Å²) < 4.78 is 76.2. The van der Waals surface area contributed by atoms with Crippen molar-refractivity contribution in [3.8, 4) is 6.07 Å². The van der Waals surface area contributed by atoms with Crippen molar-refractivity contribution in [3.63, 3.8) is 0 Å². The van der Waals surface area contributed by atoms with Crippen LogP contribution in [-0.4, -0.2) is 123 Å². The Morgan fingerprint density at radius 2 is 1.69 bits per heavy atom. The number of alkyl halides is 2. The molecule has 3 saturated heterocycles. The zero-order chi connectivity index (χ0) is 43.9. The van der Waals surface area contributed by atoms with Crippen LogP contribution in [0, 0.1) is 17.2 Å². The number of aromatic amines is 1. The highest BCUT2D eigenvalue weighted by atomic mass is 32.5. The minimum absolute atomic E-state index is 0.0262. The number of nitriles is 1. The molecule has 2 bridgehead atoms. The second-order valence-corrected chi connectivity index (χ2v) is 19.7. The zero-order valence-corrected chi connectivity index (χ0v) is 35.4. The lowest BCUT2D eigenvalue weighted by Gasteiger charge is -2.29. The van der Waals surface area contributed by atoms with Gasteiger partial charge in [-0.05, 0) is 35.7 Å². The number of nitrogens with zero attached hydrogens (tertiary/aromatic N) is 10. The van der Waals surface area contributed by atoms with Gasteiger partial charge in [-0.3, -0.25) is 33.7 Å². The van der Waals surface area contributed by atoms with Gasteiger partial charge >= 0.3 is 13.4 Å². The van der Waals surface area contributed by atoms with E-state index in [4.69, 9.17) is 55.7 Å². The molecule has 62 heavy (non-hydrogen) atoms. The van der Waals surface area contributed by atoms with Gasteiger partial charge in [-0.1, -0.05) is 42.5 Å². The van der Waals surface area contributed by atoms with Crippen molar-refractivity contribution in [2.24, 2.45) is 5.92 Å². The Balaban J connectivity index is 1.10. The van der Waals surface area contributed by atoms with Crippen LogP contribution in [0.5, 0.6) is 0 Å². The maximum Gasteiger partial charge on any atom is 0.327 e. The summed E-state index contributed by atoms with van der Waals surface area (Å²) in [6.07, 6.45) is -13.5. The number of ether oxygens (including phenoxy) is 2. The number of hydrogen-bond donors (Lipinski definition) is 4. The normalized spacial score (nSPS) is 30.3. The summed E-state index contributed by atoms with van der Waals surface area (Å²) in [7, 11) is 0. The number of carbonyl (C=O) groups is 2. The molecule has 328 valence electrons. The number of benzene rings is 1. The second-order valence-electron chi connectivity index (χ2n) is 13.9. The van der Waals surface area contributed by atoms with Crippen molar-refractivity contribution >= 4 is 83.0 Å². The first-order chi connectivity index (χ1) is 29.6. The van der Waals surface area contributed by atoms with Crippen LogP contribution < -0.4 is 16.2 Å². The number of aromatic nitrogens is 10. The van der Waals surface area contributed by atoms with E-state index in [0.29, 0.717) is 5.56 Å². The topological polar surface area (TPSA) is 300 Å². The lowest BCUT2D eigenvalue weighted by Crippen LogP contribution is -2.34. The van der Waals surface area contributed by atoms with Crippen molar-refractivity contribution in [1.29, 1.82) is 5.26 Å². The van der Waals surface area contributed by atoms with E-state index in [1.165, 1.54) is 0 Å². The first-order valence-electron chi connectivity index (χ1n) is 18.4. The van der Waals surface area contributed by atoms with E-state index in [-0.39, 0.29) is 47.1 Å². The maximum atomic E-state index is 16.8. The highest BCUT2D eigenvalue weighted by molar-refractivity contribution is 8.07. The van der Waals surface area contributed by atoms with Crippen LogP contribution in [0.4, 0.5) is 20.5 Å². The Morgan fingerprint density at radius 3 is 2.44 bits per heavy atom. The highest BCUT2D eigenvalue weighted by Gasteiger charge is 2.54. The minimum atomic E-state index is -4.54. The minimum Gasteiger partial charge on any atom is -0.345 e. The van der Waals surface area contributed by atoms with Crippen LogP contribution in [-0.2, 0) is 60.5 Å². The smallest absolute Gasteiger partial charge is 0.327 e. The highest BCUT2D eigenvalue weighted by Crippen LogP contribution is 2.57. The summed E-state index contributed by atoms with van der Waals surface area (Å²) >= 11 is 11.0. The Bertz CT molecular complexity index is 2710. The fraction of sp³-hybridized carbons (Fsp3) is 0.469. The van der Waals surface area contributed by atoms with Gasteiger partial charge in [-0.25, -0.2) is 18.7 Å². The van der Waals surface area contributed by atoms with Gasteiger partial charge in [0.05, 0.1) is 32.3 Å². The molecule has 2 amide bonds. The molecule has 5 aromatic rings. The number of H-pyrrole nitrogens is 1. The molecule has 8 rings (SSSR count). The monoisotopic (exact) mass is 939 g/mol. The van der Waals surface area contributed by atoms with Crippen LogP contribution in [0.1, 0.15) is 43.1 Å². The van der Waals surface area contributed by atoms with Crippen LogP contribution >= 0.6 is 13.4 Å². The van der Waals surface area contributed by atoms with Crippen molar-refractivity contribution in [3.05, 3.63) is 52.6 Å². The second kappa shape index (κ2) is 17.8. The molecule has 4 N–H and O–H groups in total. The molecule has 3 fully saturated rings. The van der Waals surface area contributed by atoms with E-state index in [0.717, 1.165) is 15.7 Å². The number of halogens is 2. The van der Waals surface area contributed by atoms with Crippen molar-refractivity contribution < 1.29 is 55.4 Å². The molecule has 2 unspecified atom stereocenters. The molecule has 0 aliphatic carbocycles. The van der Waals surface area contributed by atoms with Gasteiger partial charge in [0.25, 0.3) is 11.5 Å². The molecule has 30 heteroatoms. The zero-order valence-electron chi connectivity index (χ0n) is 32.0. The molecule has 0 saturated carbocycles. The first kappa shape index (κ1) is 43.9. The van der Waals surface area contributed by atoms with Crippen LogP contribution in [0.15, 0.2) is 41.5 Å². The third-order valence-corrected chi connectivity index (χ3v) is 13.3. The Hall–Kier alpha value is -4.75. The van der Waals surface area contributed by atoms with E-state index in [1.807, 2.05) is 6.07 Å². The number of nitrogens with one attached hydrogen (secondary N) is 3. The van der Waals surface area contributed by atoms with Gasteiger partial charge in [-0.2, -0.15) is 19.6 Å². The standard InChI is InChI=1S/C32H33F2N13O11P2S2/c1-14(2)27(48)40-32-39-26-21(29(50)41-32)43-45-47(26)31-23-18(33)16(55-31)11-54-60(62,52-10-6-9-35)58-22-17(12-53-59(51,61)57-23)56-30(19(22)34)46-25-20(42-44-46)24(36-13-37-25)38-28(49)15-7-4-3-5-8-15/h3-5,7-8,13-14,16-19,22-23,30-31H,6,10-12H2,1-2H3,(H,51,61)(H,36,37,38,49)(H2,39,40,41,48,50)/t16-,17-,18-,19+,22-,23+,30-,31-,59?,60?/m1/s1. The molecule has 3 aliphatic heterocycles. The summed E-state index contributed by atoms with van der Waals surface area (Å²) in [6.45, 7) is -7.34. The number of rotatable bonds is 9. The summed E-state index contributed by atoms with van der Waals surface area (Å²) in [6, 6.07) is 10.1. The molecular weight excluding hydrogens is 907 g/mol. The van der Waals surface area contributed by atoms with Crippen LogP contribution in [0.2, 0.25) is 0 Å². The third kappa shape index (κ3) is 8.89. The van der Waals surface area contributed by atoms with E-state index in [2.05, 4.69) is 51.2 Å². The Morgan fingerprint density at radius 1 is 0.984 bits per heavy atom. The van der Waals surface area contributed by atoms with E-state index < -0.39 is 99.2 Å². The molecule has 0 radical (unpaired) electrons. The average Bonchev–Trinajstić information content (AvgIpc) is 4.01. The van der Waals surface area contributed by atoms with Crippen LogP contribution in [0.3, 0.4) is 0 Å². The predicted molar refractivity (Wildman–Crippen MR) is 213 cm³/mol. The third-order valence-electron chi connectivity index (χ3n) is 9.41. The van der Waals surface area contributed by atoms with Gasteiger partial charge in [0.15, 0.2) is 52.9 Å². The molecule has 1 aromatic carbocycles. The molecule has 4 aromatic heterocycles. The quantitative estimate of drug-likeness (QED) is 0.122. The number of amides is 2. The van der Waals surface area contributed by atoms with E-state index in [9.17, 15) is 24.5 Å². The van der Waals surface area contributed by atoms with Crippen molar-refractivity contribution in [2.75, 3.05) is 30.5 Å².